The van der Waals surface area contributed by atoms with Gasteiger partial charge in [-0.15, -0.1) is 0 Å². The van der Waals surface area contributed by atoms with E-state index in [1.54, 1.807) is 31.2 Å². The van der Waals surface area contributed by atoms with Crippen LogP contribution < -0.4 is 4.74 Å². The second-order valence-corrected chi connectivity index (χ2v) is 6.19. The molecule has 1 rings (SSSR count). The molecule has 0 spiro atoms. The van der Waals surface area contributed by atoms with Gasteiger partial charge in [0.1, 0.15) is 18.1 Å². The van der Waals surface area contributed by atoms with Crippen molar-refractivity contribution in [2.24, 2.45) is 5.11 Å². The molecule has 0 aliphatic heterocycles. The molecule has 0 N–H and O–H groups in total. The van der Waals surface area contributed by atoms with E-state index >= 15 is 0 Å². The summed E-state index contributed by atoms with van der Waals surface area (Å²) in [6.45, 7) is 8.71. The van der Waals surface area contributed by atoms with Gasteiger partial charge in [-0.05, 0) is 75.9 Å². The Morgan fingerprint density at radius 3 is 2.48 bits per heavy atom. The lowest BCUT2D eigenvalue weighted by Crippen LogP contribution is -2.05. The Morgan fingerprint density at radius 1 is 1.19 bits per heavy atom. The fourth-order valence-electron chi connectivity index (χ4n) is 2.17. The molecule has 0 radical (unpaired) electrons. The van der Waals surface area contributed by atoms with Crippen LogP contribution in [0.1, 0.15) is 46.1 Å². The van der Waals surface area contributed by atoms with E-state index in [9.17, 15) is 4.79 Å². The normalized spacial score (nSPS) is 11.4. The second kappa shape index (κ2) is 12.4. The van der Waals surface area contributed by atoms with Crippen LogP contribution in [0.5, 0.6) is 5.75 Å². The van der Waals surface area contributed by atoms with Crippen molar-refractivity contribution in [3.63, 3.8) is 0 Å². The molecule has 1 aromatic rings. The van der Waals surface area contributed by atoms with E-state index in [1.807, 2.05) is 0 Å². The molecule has 6 nitrogen and oxygen atoms in total. The maximum absolute atomic E-state index is 11.7. The van der Waals surface area contributed by atoms with E-state index in [0.29, 0.717) is 12.2 Å². The molecule has 0 bridgehead atoms. The number of carbonyl (C=O) groups excluding carboxylic acids is 1. The van der Waals surface area contributed by atoms with Gasteiger partial charge in [-0.2, -0.15) is 0 Å². The van der Waals surface area contributed by atoms with Gasteiger partial charge in [0.15, 0.2) is 0 Å². The summed E-state index contributed by atoms with van der Waals surface area (Å²) in [6.07, 6.45) is 7.85. The zero-order chi connectivity index (χ0) is 20.1. The number of carbonyl (C=O) groups is 1. The average Bonchev–Trinajstić information content (AvgIpc) is 2.62. The first kappa shape index (κ1) is 22.1. The zero-order valence-corrected chi connectivity index (χ0v) is 16.4. The van der Waals surface area contributed by atoms with Crippen LogP contribution in [0.2, 0.25) is 0 Å². The number of azide groups is 1. The van der Waals surface area contributed by atoms with Crippen molar-refractivity contribution in [3.05, 3.63) is 69.3 Å². The third-order valence-corrected chi connectivity index (χ3v) is 3.59. The van der Waals surface area contributed by atoms with Crippen LogP contribution in [-0.4, -0.2) is 19.2 Å². The maximum atomic E-state index is 11.7. The van der Waals surface area contributed by atoms with Crippen molar-refractivity contribution in [1.82, 2.24) is 0 Å². The van der Waals surface area contributed by atoms with E-state index in [2.05, 4.69) is 42.9 Å². The van der Waals surface area contributed by atoms with E-state index < -0.39 is 5.97 Å². The predicted octanol–water partition coefficient (Wildman–Crippen LogP) is 5.97. The summed E-state index contributed by atoms with van der Waals surface area (Å²) >= 11 is 0. The Kier molecular flexibility index (Phi) is 10.1. The molecule has 0 heterocycles. The molecule has 0 fully saturated rings. The molecule has 0 unspecified atom stereocenters. The molecule has 0 aliphatic rings. The molecular formula is C21H27N3O3. The number of allylic oxidation sites excluding steroid dienone is 3. The largest absolute Gasteiger partial charge is 0.490 e. The first-order valence-electron chi connectivity index (χ1n) is 8.92. The summed E-state index contributed by atoms with van der Waals surface area (Å²) in [6, 6.07) is 7.17. The fraction of sp³-hybridized carbons (Fsp3) is 0.381. The van der Waals surface area contributed by atoms with Crippen molar-refractivity contribution < 1.29 is 14.3 Å². The van der Waals surface area contributed by atoms with Crippen molar-refractivity contribution in [3.8, 4) is 5.75 Å². The summed E-state index contributed by atoms with van der Waals surface area (Å²) in [5.41, 5.74) is 11.8. The highest BCUT2D eigenvalue weighted by Gasteiger charge is 2.08. The molecule has 0 saturated heterocycles. The molecule has 0 atom stereocenters. The molecule has 144 valence electrons. The van der Waals surface area contributed by atoms with Crippen molar-refractivity contribution >= 4 is 12.0 Å². The number of esters is 1. The highest BCUT2D eigenvalue weighted by atomic mass is 16.5. The van der Waals surface area contributed by atoms with Crippen LogP contribution in [0.3, 0.4) is 0 Å². The van der Waals surface area contributed by atoms with Crippen LogP contribution >= 0.6 is 0 Å². The molecule has 1 aromatic carbocycles. The summed E-state index contributed by atoms with van der Waals surface area (Å²) < 4.78 is 10.6. The number of ether oxygens (including phenoxy) is 2. The van der Waals surface area contributed by atoms with E-state index in [4.69, 9.17) is 15.0 Å². The van der Waals surface area contributed by atoms with E-state index in [-0.39, 0.29) is 12.3 Å². The van der Waals surface area contributed by atoms with Crippen LogP contribution in [0.25, 0.3) is 16.5 Å². The Balaban J connectivity index is 2.65. The van der Waals surface area contributed by atoms with E-state index in [1.165, 1.54) is 17.2 Å². The molecule has 0 aliphatic carbocycles. The number of hydrogen-bond donors (Lipinski definition) is 0. The Bertz CT molecular complexity index is 751. The van der Waals surface area contributed by atoms with Gasteiger partial charge >= 0.3 is 5.97 Å². The number of rotatable bonds is 10. The van der Waals surface area contributed by atoms with Gasteiger partial charge in [0.25, 0.3) is 0 Å². The summed E-state index contributed by atoms with van der Waals surface area (Å²) in [5, 5.41) is 3.39. The Labute approximate surface area is 160 Å². The van der Waals surface area contributed by atoms with Crippen molar-refractivity contribution in [2.45, 2.75) is 40.5 Å². The first-order chi connectivity index (χ1) is 13.0. The zero-order valence-electron chi connectivity index (χ0n) is 16.4. The minimum Gasteiger partial charge on any atom is -0.490 e. The minimum absolute atomic E-state index is 0.0806. The van der Waals surface area contributed by atoms with Gasteiger partial charge in [-0.25, -0.2) is 4.79 Å². The molecule has 27 heavy (non-hydrogen) atoms. The third-order valence-electron chi connectivity index (χ3n) is 3.59. The second-order valence-electron chi connectivity index (χ2n) is 6.19. The topological polar surface area (TPSA) is 84.3 Å². The summed E-state index contributed by atoms with van der Waals surface area (Å²) in [7, 11) is 0. The Morgan fingerprint density at radius 2 is 1.89 bits per heavy atom. The summed E-state index contributed by atoms with van der Waals surface area (Å²) in [4.78, 5) is 14.4. The lowest BCUT2D eigenvalue weighted by Gasteiger charge is -2.06. The monoisotopic (exact) mass is 369 g/mol. The lowest BCUT2D eigenvalue weighted by molar-refractivity contribution is -0.138. The molecule has 0 saturated carbocycles. The van der Waals surface area contributed by atoms with Crippen LogP contribution in [0.4, 0.5) is 0 Å². The summed E-state index contributed by atoms with van der Waals surface area (Å²) in [5.74, 6) is 0.0753. The number of benzene rings is 1. The minimum atomic E-state index is -0.649. The quantitative estimate of drug-likeness (QED) is 0.127. The third kappa shape index (κ3) is 9.33. The standard InChI is InChI=1S/C21H27N3O3/c1-5-26-21(25)20(23-24-22)15-18-9-11-19(12-10-18)27-14-13-17(4)8-6-7-16(2)3/h7,9-13,15H,5-6,8,14H2,1-4H3/b17-13+,20-15-. The average molecular weight is 369 g/mol. The van der Waals surface area contributed by atoms with E-state index in [0.717, 1.165) is 18.6 Å². The van der Waals surface area contributed by atoms with Gasteiger partial charge < -0.3 is 9.47 Å². The predicted molar refractivity (Wildman–Crippen MR) is 108 cm³/mol. The number of nitrogens with zero attached hydrogens (tertiary/aromatic N) is 3. The highest BCUT2D eigenvalue weighted by Crippen LogP contribution is 2.16. The molecule has 0 aromatic heterocycles. The fourth-order valence-corrected chi connectivity index (χ4v) is 2.17. The van der Waals surface area contributed by atoms with Crippen molar-refractivity contribution in [2.75, 3.05) is 13.2 Å². The Hall–Kier alpha value is -2.98. The SMILES string of the molecule is CCOC(=O)/C(=C/c1ccc(OC/C=C(\C)CCC=C(C)C)cc1)N=[N+]=[N-]. The van der Waals surface area contributed by atoms with Gasteiger partial charge in [-0.3, -0.25) is 0 Å². The number of hydrogen-bond acceptors (Lipinski definition) is 4. The first-order valence-corrected chi connectivity index (χ1v) is 8.92. The molecule has 0 amide bonds. The van der Waals surface area contributed by atoms with Crippen LogP contribution in [0.15, 0.2) is 58.4 Å². The van der Waals surface area contributed by atoms with Crippen LogP contribution in [0, 0.1) is 0 Å². The lowest BCUT2D eigenvalue weighted by atomic mass is 10.1. The smallest absolute Gasteiger partial charge is 0.340 e. The van der Waals surface area contributed by atoms with Gasteiger partial charge in [-0.1, -0.05) is 34.5 Å². The van der Waals surface area contributed by atoms with Crippen molar-refractivity contribution in [1.29, 1.82) is 0 Å². The van der Waals surface area contributed by atoms with Crippen LogP contribution in [-0.2, 0) is 9.53 Å². The molecule has 6 heteroatoms. The molecular weight excluding hydrogens is 342 g/mol. The van der Waals surface area contributed by atoms with Gasteiger partial charge in [0, 0.05) is 4.91 Å². The maximum Gasteiger partial charge on any atom is 0.340 e. The van der Waals surface area contributed by atoms with Gasteiger partial charge in [0.2, 0.25) is 0 Å². The highest BCUT2D eigenvalue weighted by molar-refractivity contribution is 5.93. The van der Waals surface area contributed by atoms with Gasteiger partial charge in [0.05, 0.1) is 6.61 Å².